The summed E-state index contributed by atoms with van der Waals surface area (Å²) in [6.07, 6.45) is 3.98. The molecule has 0 aliphatic carbocycles. The normalized spacial score (nSPS) is 23.8. The van der Waals surface area contributed by atoms with Crippen molar-refractivity contribution in [1.29, 1.82) is 0 Å². The van der Waals surface area contributed by atoms with E-state index in [9.17, 15) is 4.79 Å². The van der Waals surface area contributed by atoms with Crippen LogP contribution in [0.4, 0.5) is 0 Å². The van der Waals surface area contributed by atoms with Crippen LogP contribution >= 0.6 is 0 Å². The Balaban J connectivity index is 2.18. The van der Waals surface area contributed by atoms with Crippen LogP contribution in [0.15, 0.2) is 11.4 Å². The number of hydrogen-bond acceptors (Lipinski definition) is 2. The van der Waals surface area contributed by atoms with Gasteiger partial charge >= 0.3 is 0 Å². The minimum absolute atomic E-state index is 0.151. The van der Waals surface area contributed by atoms with E-state index in [-0.39, 0.29) is 5.91 Å². The lowest BCUT2D eigenvalue weighted by Gasteiger charge is -2.26. The van der Waals surface area contributed by atoms with E-state index in [0.29, 0.717) is 6.42 Å². The minimum Gasteiger partial charge on any atom is -0.372 e. The lowest BCUT2D eigenvalue weighted by molar-refractivity contribution is -0.120. The van der Waals surface area contributed by atoms with Gasteiger partial charge < -0.3 is 10.6 Å². The molecule has 2 N–H and O–H groups in total. The molecule has 2 aliphatic heterocycles. The fourth-order valence-corrected chi connectivity index (χ4v) is 1.61. The summed E-state index contributed by atoms with van der Waals surface area (Å²) in [6.45, 7) is 0.999. The van der Waals surface area contributed by atoms with E-state index in [2.05, 4.69) is 10.6 Å². The first-order valence-corrected chi connectivity index (χ1v) is 4.12. The standard InChI is InChI=1S/C8H12N2O/c11-7-4-3-6-2-1-5-9-8(6)10-7/h9H,1-5H2,(H,10,11). The lowest BCUT2D eigenvalue weighted by Crippen LogP contribution is -2.38. The third-order valence-electron chi connectivity index (χ3n) is 2.23. The highest BCUT2D eigenvalue weighted by Gasteiger charge is 2.19. The summed E-state index contributed by atoms with van der Waals surface area (Å²) in [7, 11) is 0. The number of allylic oxidation sites excluding steroid dienone is 1. The van der Waals surface area contributed by atoms with Crippen molar-refractivity contribution in [1.82, 2.24) is 10.6 Å². The highest BCUT2D eigenvalue weighted by Crippen LogP contribution is 2.21. The fraction of sp³-hybridized carbons (Fsp3) is 0.625. The molecular formula is C8H12N2O. The Morgan fingerprint density at radius 1 is 1.18 bits per heavy atom. The SMILES string of the molecule is O=C1CCC2=C(NCCC2)N1. The summed E-state index contributed by atoms with van der Waals surface area (Å²) < 4.78 is 0. The number of carbonyl (C=O) groups excluding carboxylic acids is 1. The van der Waals surface area contributed by atoms with E-state index in [4.69, 9.17) is 0 Å². The molecular weight excluding hydrogens is 140 g/mol. The molecule has 0 spiro atoms. The van der Waals surface area contributed by atoms with Crippen molar-refractivity contribution >= 4 is 5.91 Å². The summed E-state index contributed by atoms with van der Waals surface area (Å²) in [5, 5.41) is 6.05. The number of hydrogen-bond donors (Lipinski definition) is 2. The summed E-state index contributed by atoms with van der Waals surface area (Å²) in [4.78, 5) is 10.9. The van der Waals surface area contributed by atoms with Gasteiger partial charge in [-0.1, -0.05) is 0 Å². The van der Waals surface area contributed by atoms with Crippen LogP contribution in [0.5, 0.6) is 0 Å². The third kappa shape index (κ3) is 1.23. The van der Waals surface area contributed by atoms with Gasteiger partial charge in [-0.2, -0.15) is 0 Å². The Labute approximate surface area is 65.9 Å². The van der Waals surface area contributed by atoms with Crippen molar-refractivity contribution in [3.63, 3.8) is 0 Å². The summed E-state index contributed by atoms with van der Waals surface area (Å²) >= 11 is 0. The third-order valence-corrected chi connectivity index (χ3v) is 2.23. The van der Waals surface area contributed by atoms with Crippen LogP contribution in [0.1, 0.15) is 25.7 Å². The highest BCUT2D eigenvalue weighted by atomic mass is 16.1. The van der Waals surface area contributed by atoms with Gasteiger partial charge in [0, 0.05) is 13.0 Å². The molecule has 0 fully saturated rings. The maximum absolute atomic E-state index is 10.9. The maximum atomic E-state index is 10.9. The van der Waals surface area contributed by atoms with Crippen LogP contribution in [0.2, 0.25) is 0 Å². The molecule has 0 bridgehead atoms. The van der Waals surface area contributed by atoms with Gasteiger partial charge in [0.05, 0.1) is 0 Å². The second-order valence-corrected chi connectivity index (χ2v) is 3.06. The molecule has 0 atom stereocenters. The van der Waals surface area contributed by atoms with Gasteiger partial charge in [0.2, 0.25) is 5.91 Å². The predicted octanol–water partition coefficient (Wildman–Crippen LogP) is 0.491. The van der Waals surface area contributed by atoms with Crippen molar-refractivity contribution < 1.29 is 4.79 Å². The van der Waals surface area contributed by atoms with Gasteiger partial charge in [-0.15, -0.1) is 0 Å². The Kier molecular flexibility index (Phi) is 1.56. The van der Waals surface area contributed by atoms with Gasteiger partial charge in [0.15, 0.2) is 0 Å². The van der Waals surface area contributed by atoms with E-state index < -0.39 is 0 Å². The molecule has 0 aromatic rings. The summed E-state index contributed by atoms with van der Waals surface area (Å²) in [5.74, 6) is 1.14. The zero-order valence-electron chi connectivity index (χ0n) is 6.44. The van der Waals surface area contributed by atoms with Crippen molar-refractivity contribution in [2.45, 2.75) is 25.7 Å². The Bertz CT molecular complexity index is 220. The van der Waals surface area contributed by atoms with Crippen LogP contribution in [0, 0.1) is 0 Å². The minimum atomic E-state index is 0.151. The molecule has 3 nitrogen and oxygen atoms in total. The van der Waals surface area contributed by atoms with Crippen molar-refractivity contribution in [3.05, 3.63) is 11.4 Å². The molecule has 0 radical (unpaired) electrons. The highest BCUT2D eigenvalue weighted by molar-refractivity contribution is 5.79. The van der Waals surface area contributed by atoms with Crippen LogP contribution < -0.4 is 10.6 Å². The second-order valence-electron chi connectivity index (χ2n) is 3.06. The van der Waals surface area contributed by atoms with E-state index >= 15 is 0 Å². The average Bonchev–Trinajstić information content (AvgIpc) is 2.04. The molecule has 11 heavy (non-hydrogen) atoms. The predicted molar refractivity (Wildman–Crippen MR) is 41.6 cm³/mol. The first-order valence-electron chi connectivity index (χ1n) is 4.12. The molecule has 0 aromatic carbocycles. The lowest BCUT2D eigenvalue weighted by atomic mass is 9.99. The zero-order chi connectivity index (χ0) is 7.68. The van der Waals surface area contributed by atoms with Gasteiger partial charge in [-0.05, 0) is 24.8 Å². The average molecular weight is 152 g/mol. The summed E-state index contributed by atoms with van der Waals surface area (Å²) in [5.41, 5.74) is 1.40. The van der Waals surface area contributed by atoms with Crippen LogP contribution in [0.3, 0.4) is 0 Å². The van der Waals surface area contributed by atoms with Gasteiger partial charge in [-0.3, -0.25) is 4.79 Å². The number of nitrogens with one attached hydrogen (secondary N) is 2. The topological polar surface area (TPSA) is 41.1 Å². The Morgan fingerprint density at radius 2 is 2.09 bits per heavy atom. The molecule has 2 heterocycles. The molecule has 0 unspecified atom stereocenters. The van der Waals surface area contributed by atoms with E-state index in [1.165, 1.54) is 12.0 Å². The Hall–Kier alpha value is -0.990. The number of amides is 1. The van der Waals surface area contributed by atoms with E-state index in [1.807, 2.05) is 0 Å². The van der Waals surface area contributed by atoms with Crippen LogP contribution in [-0.4, -0.2) is 12.5 Å². The fourth-order valence-electron chi connectivity index (χ4n) is 1.61. The van der Waals surface area contributed by atoms with Gasteiger partial charge in [0.1, 0.15) is 5.82 Å². The molecule has 0 saturated heterocycles. The molecule has 0 saturated carbocycles. The van der Waals surface area contributed by atoms with E-state index in [1.54, 1.807) is 0 Å². The molecule has 3 heteroatoms. The largest absolute Gasteiger partial charge is 0.372 e. The smallest absolute Gasteiger partial charge is 0.225 e. The molecule has 2 aliphatic rings. The quantitative estimate of drug-likeness (QED) is 0.530. The molecule has 0 aromatic heterocycles. The second kappa shape index (κ2) is 2.57. The zero-order valence-corrected chi connectivity index (χ0v) is 6.44. The van der Waals surface area contributed by atoms with Crippen molar-refractivity contribution in [2.75, 3.05) is 6.54 Å². The first-order chi connectivity index (χ1) is 5.36. The summed E-state index contributed by atoms with van der Waals surface area (Å²) in [6, 6.07) is 0. The first kappa shape index (κ1) is 6.70. The van der Waals surface area contributed by atoms with Crippen LogP contribution in [0.25, 0.3) is 0 Å². The molecule has 60 valence electrons. The Morgan fingerprint density at radius 3 is 3.00 bits per heavy atom. The molecule has 1 amide bonds. The van der Waals surface area contributed by atoms with Gasteiger partial charge in [0.25, 0.3) is 0 Å². The number of rotatable bonds is 0. The maximum Gasteiger partial charge on any atom is 0.225 e. The molecule has 2 rings (SSSR count). The van der Waals surface area contributed by atoms with Crippen LogP contribution in [-0.2, 0) is 4.79 Å². The van der Waals surface area contributed by atoms with Crippen molar-refractivity contribution in [3.8, 4) is 0 Å². The monoisotopic (exact) mass is 152 g/mol. The van der Waals surface area contributed by atoms with Crippen molar-refractivity contribution in [2.24, 2.45) is 0 Å². The van der Waals surface area contributed by atoms with E-state index in [0.717, 1.165) is 25.2 Å². The van der Waals surface area contributed by atoms with Gasteiger partial charge in [-0.25, -0.2) is 0 Å². The number of carbonyl (C=O) groups is 1.